The van der Waals surface area contributed by atoms with E-state index in [9.17, 15) is 9.18 Å². The van der Waals surface area contributed by atoms with Crippen LogP contribution >= 0.6 is 23.1 Å². The first-order valence-corrected chi connectivity index (χ1v) is 11.5. The Kier molecular flexibility index (Phi) is 4.99. The number of fused-ring (bicyclic) bond motifs is 3. The third kappa shape index (κ3) is 3.29. The van der Waals surface area contributed by atoms with E-state index in [-0.39, 0.29) is 17.5 Å². The topological polar surface area (TPSA) is 44.1 Å². The van der Waals surface area contributed by atoms with Gasteiger partial charge in [0.2, 0.25) is 0 Å². The predicted molar refractivity (Wildman–Crippen MR) is 111 cm³/mol. The molecular formula is C21H21FN2O2S2. The third-order valence-electron chi connectivity index (χ3n) is 5.51. The molecule has 4 nitrogen and oxygen atoms in total. The van der Waals surface area contributed by atoms with E-state index in [1.165, 1.54) is 28.3 Å². The number of hydrogen-bond donors (Lipinski definition) is 0. The van der Waals surface area contributed by atoms with E-state index in [1.807, 2.05) is 6.07 Å². The Morgan fingerprint density at radius 3 is 3.00 bits per heavy atom. The number of hydrogen-bond acceptors (Lipinski definition) is 5. The van der Waals surface area contributed by atoms with Crippen LogP contribution in [-0.4, -0.2) is 22.3 Å². The van der Waals surface area contributed by atoms with Gasteiger partial charge in [-0.1, -0.05) is 30.0 Å². The minimum Gasteiger partial charge on any atom is -0.376 e. The predicted octanol–water partition coefficient (Wildman–Crippen LogP) is 4.56. The highest BCUT2D eigenvalue weighted by Crippen LogP contribution is 2.36. The van der Waals surface area contributed by atoms with Crippen molar-refractivity contribution in [3.05, 3.63) is 56.4 Å². The van der Waals surface area contributed by atoms with Gasteiger partial charge < -0.3 is 4.74 Å². The number of nitrogens with zero attached hydrogens (tertiary/aromatic N) is 2. The zero-order valence-corrected chi connectivity index (χ0v) is 17.1. The molecule has 0 spiro atoms. The van der Waals surface area contributed by atoms with Crippen molar-refractivity contribution in [3.63, 3.8) is 0 Å². The summed E-state index contributed by atoms with van der Waals surface area (Å²) in [5.74, 6) is 0.223. The number of benzene rings is 1. The maximum absolute atomic E-state index is 14.0. The molecule has 0 saturated carbocycles. The van der Waals surface area contributed by atoms with Crippen molar-refractivity contribution in [1.29, 1.82) is 0 Å². The summed E-state index contributed by atoms with van der Waals surface area (Å²) < 4.78 is 21.6. The molecule has 1 fully saturated rings. The molecule has 0 radical (unpaired) electrons. The zero-order chi connectivity index (χ0) is 19.1. The number of rotatable bonds is 5. The van der Waals surface area contributed by atoms with Crippen LogP contribution in [0.5, 0.6) is 0 Å². The Balaban J connectivity index is 1.55. The third-order valence-corrected chi connectivity index (χ3v) is 7.73. The number of aromatic nitrogens is 2. The number of thiophene rings is 1. The minimum atomic E-state index is -0.223. The Morgan fingerprint density at radius 1 is 1.29 bits per heavy atom. The highest BCUT2D eigenvalue weighted by molar-refractivity contribution is 7.98. The summed E-state index contributed by atoms with van der Waals surface area (Å²) in [7, 11) is 0. The summed E-state index contributed by atoms with van der Waals surface area (Å²) in [6.45, 7) is 1.27. The van der Waals surface area contributed by atoms with Gasteiger partial charge >= 0.3 is 0 Å². The van der Waals surface area contributed by atoms with Crippen LogP contribution in [0.2, 0.25) is 0 Å². The van der Waals surface area contributed by atoms with Gasteiger partial charge in [0.25, 0.3) is 5.56 Å². The van der Waals surface area contributed by atoms with Gasteiger partial charge in [0.15, 0.2) is 5.16 Å². The monoisotopic (exact) mass is 416 g/mol. The van der Waals surface area contributed by atoms with Crippen LogP contribution in [0, 0.1) is 5.82 Å². The van der Waals surface area contributed by atoms with Crippen molar-refractivity contribution >= 4 is 33.3 Å². The molecule has 3 heterocycles. The number of ether oxygens (including phenoxy) is 1. The van der Waals surface area contributed by atoms with E-state index in [0.717, 1.165) is 48.9 Å². The van der Waals surface area contributed by atoms with Crippen molar-refractivity contribution in [2.45, 2.75) is 55.7 Å². The quantitative estimate of drug-likeness (QED) is 0.452. The van der Waals surface area contributed by atoms with Gasteiger partial charge in [0.05, 0.1) is 18.0 Å². The van der Waals surface area contributed by atoms with E-state index in [4.69, 9.17) is 9.72 Å². The lowest BCUT2D eigenvalue weighted by atomic mass is 10.2. The molecule has 7 heteroatoms. The van der Waals surface area contributed by atoms with Crippen LogP contribution in [0.3, 0.4) is 0 Å². The summed E-state index contributed by atoms with van der Waals surface area (Å²) in [5, 5.41) is 1.46. The molecule has 0 bridgehead atoms. The van der Waals surface area contributed by atoms with E-state index in [1.54, 1.807) is 28.0 Å². The molecule has 3 aromatic rings. The average molecular weight is 417 g/mol. The molecule has 0 N–H and O–H groups in total. The Bertz CT molecular complexity index is 1090. The molecule has 0 unspecified atom stereocenters. The van der Waals surface area contributed by atoms with E-state index in [2.05, 4.69) is 0 Å². The standard InChI is InChI=1S/C21H21FN2O2S2/c22-16-8-2-1-5-13(16)12-27-21-23-19-18(15-7-3-9-17(15)28-19)20(25)24(21)11-14-6-4-10-26-14/h1-2,5,8,14H,3-4,6-7,9-12H2/t14-/m1/s1. The van der Waals surface area contributed by atoms with Gasteiger partial charge in [0.1, 0.15) is 10.6 Å². The smallest absolute Gasteiger partial charge is 0.263 e. The number of halogens is 1. The molecule has 5 rings (SSSR count). The second-order valence-electron chi connectivity index (χ2n) is 7.36. The van der Waals surface area contributed by atoms with Gasteiger partial charge in [-0.3, -0.25) is 9.36 Å². The molecular weight excluding hydrogens is 395 g/mol. The van der Waals surface area contributed by atoms with Crippen LogP contribution in [0.1, 0.15) is 35.3 Å². The molecule has 2 aromatic heterocycles. The van der Waals surface area contributed by atoms with Crippen LogP contribution in [0.15, 0.2) is 34.2 Å². The fraction of sp³-hybridized carbons (Fsp3) is 0.429. The van der Waals surface area contributed by atoms with Crippen molar-refractivity contribution in [1.82, 2.24) is 9.55 Å². The molecule has 1 aromatic carbocycles. The molecule has 28 heavy (non-hydrogen) atoms. The van der Waals surface area contributed by atoms with Crippen molar-refractivity contribution < 1.29 is 9.13 Å². The molecule has 1 atom stereocenters. The first-order chi connectivity index (χ1) is 13.7. The van der Waals surface area contributed by atoms with Crippen LogP contribution in [-0.2, 0) is 29.9 Å². The Hall–Kier alpha value is -1.70. The summed E-state index contributed by atoms with van der Waals surface area (Å²) >= 11 is 3.08. The van der Waals surface area contributed by atoms with Crippen molar-refractivity contribution in [2.75, 3.05) is 6.61 Å². The lowest BCUT2D eigenvalue weighted by Crippen LogP contribution is -2.28. The lowest BCUT2D eigenvalue weighted by molar-refractivity contribution is 0.0937. The SMILES string of the molecule is O=c1c2c3c(sc2nc(SCc2ccccc2F)n1C[C@H]1CCCO1)CCC3. The van der Waals surface area contributed by atoms with E-state index in [0.29, 0.717) is 23.0 Å². The van der Waals surface area contributed by atoms with Crippen molar-refractivity contribution in [2.24, 2.45) is 0 Å². The summed E-state index contributed by atoms with van der Waals surface area (Å²) in [6, 6.07) is 6.77. The Morgan fingerprint density at radius 2 is 2.18 bits per heavy atom. The molecule has 1 aliphatic heterocycles. The second-order valence-corrected chi connectivity index (χ2v) is 9.39. The van der Waals surface area contributed by atoms with Gasteiger partial charge in [-0.15, -0.1) is 11.3 Å². The molecule has 2 aliphatic rings. The normalized spacial score (nSPS) is 18.8. The summed E-state index contributed by atoms with van der Waals surface area (Å²) in [5.41, 5.74) is 1.86. The fourth-order valence-electron chi connectivity index (χ4n) is 4.08. The van der Waals surface area contributed by atoms with Gasteiger partial charge in [-0.2, -0.15) is 0 Å². The van der Waals surface area contributed by atoms with Gasteiger partial charge in [0, 0.05) is 17.2 Å². The maximum atomic E-state index is 14.0. The van der Waals surface area contributed by atoms with Gasteiger partial charge in [-0.05, 0) is 49.3 Å². The minimum absolute atomic E-state index is 0.0379. The lowest BCUT2D eigenvalue weighted by Gasteiger charge is -2.16. The van der Waals surface area contributed by atoms with Crippen molar-refractivity contribution in [3.8, 4) is 0 Å². The highest BCUT2D eigenvalue weighted by atomic mass is 32.2. The molecule has 0 amide bonds. The summed E-state index contributed by atoms with van der Waals surface area (Å²) in [4.78, 5) is 20.4. The average Bonchev–Trinajstić information content (AvgIpc) is 3.41. The first-order valence-electron chi connectivity index (χ1n) is 9.73. The van der Waals surface area contributed by atoms with E-state index < -0.39 is 0 Å². The van der Waals surface area contributed by atoms with Crippen LogP contribution in [0.4, 0.5) is 4.39 Å². The first kappa shape index (κ1) is 18.3. The molecule has 1 saturated heterocycles. The van der Waals surface area contributed by atoms with Gasteiger partial charge in [-0.25, -0.2) is 9.37 Å². The number of thioether (sulfide) groups is 1. The molecule has 1 aliphatic carbocycles. The Labute approximate surface area is 170 Å². The highest BCUT2D eigenvalue weighted by Gasteiger charge is 2.25. The largest absolute Gasteiger partial charge is 0.376 e. The zero-order valence-electron chi connectivity index (χ0n) is 15.4. The van der Waals surface area contributed by atoms with E-state index >= 15 is 0 Å². The summed E-state index contributed by atoms with van der Waals surface area (Å²) in [6.07, 6.45) is 5.17. The van der Waals surface area contributed by atoms with Crippen LogP contribution in [0.25, 0.3) is 10.2 Å². The number of aryl methyl sites for hydroxylation is 2. The second kappa shape index (κ2) is 7.61. The molecule has 146 valence electrons. The van der Waals surface area contributed by atoms with Crippen LogP contribution < -0.4 is 5.56 Å². The fourth-order valence-corrected chi connectivity index (χ4v) is 6.38. The maximum Gasteiger partial charge on any atom is 0.263 e.